The van der Waals surface area contributed by atoms with Crippen LogP contribution in [0.1, 0.15) is 23.6 Å². The van der Waals surface area contributed by atoms with Crippen molar-refractivity contribution >= 4 is 16.8 Å². The quantitative estimate of drug-likeness (QED) is 0.744. The maximum atomic E-state index is 12.6. The number of H-pyrrole nitrogens is 1. The third-order valence-electron chi connectivity index (χ3n) is 5.46. The standard InChI is InChI=1S/C22H25N3O/c1-16(25-13-11-17-6-2-3-7-19(17)15-25)22(26)23-12-10-18-14-24-21-9-5-4-8-20(18)21/h2-9,14,16,24H,10-13,15H2,1H3,(H,23,26). The minimum Gasteiger partial charge on any atom is -0.361 e. The molecule has 4 heteroatoms. The highest BCUT2D eigenvalue weighted by atomic mass is 16.2. The van der Waals surface area contributed by atoms with Gasteiger partial charge in [0.15, 0.2) is 0 Å². The molecule has 1 aromatic heterocycles. The first-order valence-electron chi connectivity index (χ1n) is 9.36. The Balaban J connectivity index is 1.32. The van der Waals surface area contributed by atoms with E-state index in [-0.39, 0.29) is 11.9 Å². The molecule has 26 heavy (non-hydrogen) atoms. The Morgan fingerprint density at radius 3 is 2.81 bits per heavy atom. The summed E-state index contributed by atoms with van der Waals surface area (Å²) in [6.07, 6.45) is 3.90. The van der Waals surface area contributed by atoms with Crippen LogP contribution in [0.3, 0.4) is 0 Å². The number of carbonyl (C=O) groups excluding carboxylic acids is 1. The van der Waals surface area contributed by atoms with E-state index in [9.17, 15) is 4.79 Å². The molecule has 4 rings (SSSR count). The minimum absolute atomic E-state index is 0.105. The molecule has 0 radical (unpaired) electrons. The molecule has 0 spiro atoms. The summed E-state index contributed by atoms with van der Waals surface area (Å²) in [5, 5.41) is 4.35. The molecular formula is C22H25N3O. The van der Waals surface area contributed by atoms with Crippen LogP contribution in [0, 0.1) is 0 Å². The number of aromatic amines is 1. The van der Waals surface area contributed by atoms with E-state index >= 15 is 0 Å². The van der Waals surface area contributed by atoms with E-state index < -0.39 is 0 Å². The Labute approximate surface area is 154 Å². The van der Waals surface area contributed by atoms with Crippen molar-refractivity contribution in [2.75, 3.05) is 13.1 Å². The van der Waals surface area contributed by atoms with Crippen molar-refractivity contribution in [2.45, 2.75) is 32.4 Å². The summed E-state index contributed by atoms with van der Waals surface area (Å²) in [5.41, 5.74) is 5.16. The first-order valence-corrected chi connectivity index (χ1v) is 9.36. The average molecular weight is 347 g/mol. The predicted molar refractivity (Wildman–Crippen MR) is 105 cm³/mol. The van der Waals surface area contributed by atoms with Crippen molar-refractivity contribution in [1.82, 2.24) is 15.2 Å². The van der Waals surface area contributed by atoms with Crippen molar-refractivity contribution in [1.29, 1.82) is 0 Å². The number of carbonyl (C=O) groups is 1. The predicted octanol–water partition coefficient (Wildman–Crippen LogP) is 3.27. The van der Waals surface area contributed by atoms with Crippen LogP contribution in [0.25, 0.3) is 10.9 Å². The number of benzene rings is 2. The van der Waals surface area contributed by atoms with Gasteiger partial charge < -0.3 is 10.3 Å². The lowest BCUT2D eigenvalue weighted by molar-refractivity contribution is -0.126. The molecule has 134 valence electrons. The molecule has 1 atom stereocenters. The molecule has 4 nitrogen and oxygen atoms in total. The highest BCUT2D eigenvalue weighted by Crippen LogP contribution is 2.20. The van der Waals surface area contributed by atoms with Gasteiger partial charge in [-0.05, 0) is 42.5 Å². The number of hydrogen-bond donors (Lipinski definition) is 2. The Morgan fingerprint density at radius 2 is 1.92 bits per heavy atom. The van der Waals surface area contributed by atoms with Gasteiger partial charge in [-0.3, -0.25) is 9.69 Å². The topological polar surface area (TPSA) is 48.1 Å². The van der Waals surface area contributed by atoms with Gasteiger partial charge in [-0.15, -0.1) is 0 Å². The molecule has 0 bridgehead atoms. The monoisotopic (exact) mass is 347 g/mol. The van der Waals surface area contributed by atoms with Crippen LogP contribution in [0.4, 0.5) is 0 Å². The van der Waals surface area contributed by atoms with Crippen LogP contribution in [-0.4, -0.2) is 34.9 Å². The number of aromatic nitrogens is 1. The Bertz CT molecular complexity index is 914. The van der Waals surface area contributed by atoms with Gasteiger partial charge in [0.2, 0.25) is 5.91 Å². The second kappa shape index (κ2) is 7.34. The smallest absolute Gasteiger partial charge is 0.237 e. The highest BCUT2D eigenvalue weighted by molar-refractivity contribution is 5.83. The summed E-state index contributed by atoms with van der Waals surface area (Å²) in [6.45, 7) is 4.46. The summed E-state index contributed by atoms with van der Waals surface area (Å²) >= 11 is 0. The number of nitrogens with zero attached hydrogens (tertiary/aromatic N) is 1. The number of amides is 1. The van der Waals surface area contributed by atoms with Gasteiger partial charge in [-0.25, -0.2) is 0 Å². The number of rotatable bonds is 5. The van der Waals surface area contributed by atoms with Crippen molar-refractivity contribution < 1.29 is 4.79 Å². The summed E-state index contributed by atoms with van der Waals surface area (Å²) in [7, 11) is 0. The summed E-state index contributed by atoms with van der Waals surface area (Å²) in [4.78, 5) is 18.1. The zero-order chi connectivity index (χ0) is 17.9. The zero-order valence-corrected chi connectivity index (χ0v) is 15.2. The number of nitrogens with one attached hydrogen (secondary N) is 2. The Hall–Kier alpha value is -2.59. The first-order chi connectivity index (χ1) is 12.7. The fourth-order valence-electron chi connectivity index (χ4n) is 3.82. The lowest BCUT2D eigenvalue weighted by atomic mass is 9.99. The number of fused-ring (bicyclic) bond motifs is 2. The van der Waals surface area contributed by atoms with Crippen LogP contribution >= 0.6 is 0 Å². The maximum absolute atomic E-state index is 12.6. The van der Waals surface area contributed by atoms with E-state index in [1.165, 1.54) is 22.1 Å². The molecule has 1 aliphatic heterocycles. The van der Waals surface area contributed by atoms with E-state index in [2.05, 4.69) is 57.7 Å². The second-order valence-corrected chi connectivity index (χ2v) is 7.07. The largest absolute Gasteiger partial charge is 0.361 e. The van der Waals surface area contributed by atoms with Crippen LogP contribution in [0.15, 0.2) is 54.7 Å². The van der Waals surface area contributed by atoms with Crippen LogP contribution in [0.2, 0.25) is 0 Å². The lowest BCUT2D eigenvalue weighted by Crippen LogP contribution is -2.47. The van der Waals surface area contributed by atoms with Gasteiger partial charge in [-0.2, -0.15) is 0 Å². The molecule has 2 heterocycles. The molecule has 1 unspecified atom stereocenters. The maximum Gasteiger partial charge on any atom is 0.237 e. The fraction of sp³-hybridized carbons (Fsp3) is 0.318. The van der Waals surface area contributed by atoms with E-state index in [0.717, 1.165) is 31.4 Å². The van der Waals surface area contributed by atoms with E-state index in [0.29, 0.717) is 6.54 Å². The van der Waals surface area contributed by atoms with Gasteiger partial charge >= 0.3 is 0 Å². The molecule has 0 fully saturated rings. The molecule has 2 N–H and O–H groups in total. The molecule has 0 saturated carbocycles. The van der Waals surface area contributed by atoms with Gasteiger partial charge in [0.25, 0.3) is 0 Å². The summed E-state index contributed by atoms with van der Waals surface area (Å²) < 4.78 is 0. The molecule has 1 amide bonds. The zero-order valence-electron chi connectivity index (χ0n) is 15.2. The van der Waals surface area contributed by atoms with Crippen molar-refractivity contribution in [3.63, 3.8) is 0 Å². The highest BCUT2D eigenvalue weighted by Gasteiger charge is 2.24. The van der Waals surface area contributed by atoms with E-state index in [1.54, 1.807) is 0 Å². The lowest BCUT2D eigenvalue weighted by Gasteiger charge is -2.32. The van der Waals surface area contributed by atoms with Gasteiger partial charge in [0.05, 0.1) is 6.04 Å². The van der Waals surface area contributed by atoms with Crippen molar-refractivity contribution in [3.8, 4) is 0 Å². The molecule has 0 aliphatic carbocycles. The summed E-state index contributed by atoms with van der Waals surface area (Å²) in [5.74, 6) is 0.115. The van der Waals surface area contributed by atoms with Crippen LogP contribution in [0.5, 0.6) is 0 Å². The fourth-order valence-corrected chi connectivity index (χ4v) is 3.82. The SMILES string of the molecule is CC(C(=O)NCCc1c[nH]c2ccccc12)N1CCc2ccccc2C1. The molecule has 2 aromatic carbocycles. The Morgan fingerprint density at radius 1 is 1.15 bits per heavy atom. The molecule has 0 saturated heterocycles. The van der Waals surface area contributed by atoms with Gasteiger partial charge in [0.1, 0.15) is 0 Å². The summed E-state index contributed by atoms with van der Waals surface area (Å²) in [6, 6.07) is 16.7. The normalized spacial score (nSPS) is 15.6. The average Bonchev–Trinajstić information content (AvgIpc) is 3.10. The van der Waals surface area contributed by atoms with Crippen LogP contribution < -0.4 is 5.32 Å². The third-order valence-corrected chi connectivity index (χ3v) is 5.46. The van der Waals surface area contributed by atoms with Gasteiger partial charge in [-0.1, -0.05) is 42.5 Å². The van der Waals surface area contributed by atoms with Gasteiger partial charge in [0, 0.05) is 36.7 Å². The molecular weight excluding hydrogens is 322 g/mol. The number of hydrogen-bond acceptors (Lipinski definition) is 2. The second-order valence-electron chi connectivity index (χ2n) is 7.07. The molecule has 1 aliphatic rings. The molecule has 3 aromatic rings. The van der Waals surface area contributed by atoms with Crippen LogP contribution in [-0.2, 0) is 24.2 Å². The van der Waals surface area contributed by atoms with Crippen molar-refractivity contribution in [2.24, 2.45) is 0 Å². The van der Waals surface area contributed by atoms with E-state index in [1.807, 2.05) is 19.2 Å². The third kappa shape index (κ3) is 3.37. The van der Waals surface area contributed by atoms with E-state index in [4.69, 9.17) is 0 Å². The first kappa shape index (κ1) is 16.9. The Kier molecular flexibility index (Phi) is 4.76. The van der Waals surface area contributed by atoms with Crippen molar-refractivity contribution in [3.05, 3.63) is 71.4 Å². The number of para-hydroxylation sites is 1. The minimum atomic E-state index is -0.105.